The minimum Gasteiger partial charge on any atom is -0.491 e. The van der Waals surface area contributed by atoms with Crippen molar-refractivity contribution < 1.29 is 18.6 Å². The average Bonchev–Trinajstić information content (AvgIpc) is 2.46. The predicted octanol–water partition coefficient (Wildman–Crippen LogP) is 2.93. The van der Waals surface area contributed by atoms with Gasteiger partial charge in [0.15, 0.2) is 0 Å². The second kappa shape index (κ2) is 10.5. The molecule has 1 atom stereocenters. The fourth-order valence-electron chi connectivity index (χ4n) is 1.99. The number of nitrogens with one attached hydrogen (secondary N) is 1. The largest absolute Gasteiger partial charge is 0.491 e. The molecule has 0 aliphatic heterocycles. The molecule has 1 aromatic rings. The Kier molecular flexibility index (Phi) is 8.98. The van der Waals surface area contributed by atoms with Crippen LogP contribution >= 0.6 is 0 Å². The van der Waals surface area contributed by atoms with E-state index in [2.05, 4.69) is 5.32 Å². The van der Waals surface area contributed by atoms with Gasteiger partial charge in [-0.1, -0.05) is 13.0 Å². The van der Waals surface area contributed by atoms with Crippen LogP contribution in [-0.4, -0.2) is 40.1 Å². The molecule has 0 saturated carbocycles. The van der Waals surface area contributed by atoms with E-state index in [-0.39, 0.29) is 11.9 Å². The van der Waals surface area contributed by atoms with Crippen molar-refractivity contribution in [3.8, 4) is 5.75 Å². The van der Waals surface area contributed by atoms with E-state index in [9.17, 15) is 4.39 Å². The maximum absolute atomic E-state index is 14.0. The average molecular weight is 299 g/mol. The quantitative estimate of drug-likeness (QED) is 0.638. The highest BCUT2D eigenvalue weighted by Crippen LogP contribution is 2.21. The highest BCUT2D eigenvalue weighted by atomic mass is 19.1. The van der Waals surface area contributed by atoms with E-state index in [1.807, 2.05) is 13.8 Å². The van der Waals surface area contributed by atoms with E-state index < -0.39 is 0 Å². The maximum Gasteiger partial charge on any atom is 0.131 e. The zero-order valence-electron chi connectivity index (χ0n) is 13.2. The second-order valence-electron chi connectivity index (χ2n) is 4.77. The minimum absolute atomic E-state index is 0.00633. The van der Waals surface area contributed by atoms with E-state index >= 15 is 0 Å². The number of ether oxygens (including phenoxy) is 3. The maximum atomic E-state index is 14.0. The van der Waals surface area contributed by atoms with Crippen molar-refractivity contribution in [2.75, 3.05) is 40.1 Å². The molecule has 0 fully saturated rings. The lowest BCUT2D eigenvalue weighted by Gasteiger charge is -2.14. The number of hydrogen-bond donors (Lipinski definition) is 1. The van der Waals surface area contributed by atoms with Gasteiger partial charge >= 0.3 is 0 Å². The molecular formula is C16H26FNO3. The summed E-state index contributed by atoms with van der Waals surface area (Å²) in [5.41, 5.74) is 0.653. The molecule has 1 N–H and O–H groups in total. The molecule has 0 aliphatic carbocycles. The van der Waals surface area contributed by atoms with Crippen molar-refractivity contribution in [3.63, 3.8) is 0 Å². The fourth-order valence-corrected chi connectivity index (χ4v) is 1.99. The molecule has 0 bridgehead atoms. The zero-order chi connectivity index (χ0) is 15.5. The zero-order valence-corrected chi connectivity index (χ0v) is 13.2. The third kappa shape index (κ3) is 6.89. The van der Waals surface area contributed by atoms with Gasteiger partial charge in [-0.3, -0.25) is 0 Å². The summed E-state index contributed by atoms with van der Waals surface area (Å²) < 4.78 is 29.7. The molecule has 4 nitrogen and oxygen atoms in total. The highest BCUT2D eigenvalue weighted by Gasteiger charge is 2.10. The van der Waals surface area contributed by atoms with Gasteiger partial charge in [0.1, 0.15) is 18.2 Å². The van der Waals surface area contributed by atoms with Gasteiger partial charge in [0.05, 0.1) is 6.61 Å². The fraction of sp³-hybridized carbons (Fsp3) is 0.625. The Bertz CT molecular complexity index is 401. The van der Waals surface area contributed by atoms with E-state index in [1.165, 1.54) is 6.07 Å². The smallest absolute Gasteiger partial charge is 0.131 e. The standard InChI is InChI=1S/C16H26FNO3/c1-4-18-13(2)15-7-6-14(12-16(15)17)21-11-10-20-9-5-8-19-3/h6-7,12-13,18H,4-5,8-11H2,1-3H3. The van der Waals surface area contributed by atoms with Crippen LogP contribution in [0.1, 0.15) is 31.9 Å². The van der Waals surface area contributed by atoms with Crippen LogP contribution in [0, 0.1) is 5.82 Å². The van der Waals surface area contributed by atoms with E-state index in [4.69, 9.17) is 14.2 Å². The van der Waals surface area contributed by atoms with Gasteiger partial charge < -0.3 is 19.5 Å². The second-order valence-corrected chi connectivity index (χ2v) is 4.77. The number of halogens is 1. The Morgan fingerprint density at radius 3 is 2.67 bits per heavy atom. The number of hydrogen-bond acceptors (Lipinski definition) is 4. The summed E-state index contributed by atoms with van der Waals surface area (Å²) in [7, 11) is 1.66. The molecule has 1 rings (SSSR count). The summed E-state index contributed by atoms with van der Waals surface area (Å²) in [6.45, 7) is 6.98. The van der Waals surface area contributed by atoms with Gasteiger partial charge in [0.25, 0.3) is 0 Å². The third-order valence-corrected chi connectivity index (χ3v) is 3.08. The van der Waals surface area contributed by atoms with Crippen LogP contribution in [0.15, 0.2) is 18.2 Å². The van der Waals surface area contributed by atoms with Gasteiger partial charge in [-0.2, -0.15) is 0 Å². The summed E-state index contributed by atoms with van der Waals surface area (Å²) >= 11 is 0. The molecule has 0 radical (unpaired) electrons. The number of rotatable bonds is 11. The van der Waals surface area contributed by atoms with Crippen LogP contribution in [0.4, 0.5) is 4.39 Å². The molecule has 0 spiro atoms. The van der Waals surface area contributed by atoms with Gasteiger partial charge in [-0.05, 0) is 26.0 Å². The molecule has 5 heteroatoms. The van der Waals surface area contributed by atoms with Crippen molar-refractivity contribution in [1.29, 1.82) is 0 Å². The molecule has 0 aliphatic rings. The van der Waals surface area contributed by atoms with Crippen molar-refractivity contribution in [1.82, 2.24) is 5.32 Å². The Morgan fingerprint density at radius 2 is 2.00 bits per heavy atom. The molecule has 120 valence electrons. The first kappa shape index (κ1) is 17.9. The molecular weight excluding hydrogens is 273 g/mol. The monoisotopic (exact) mass is 299 g/mol. The summed E-state index contributed by atoms with van der Waals surface area (Å²) in [4.78, 5) is 0. The molecule has 1 unspecified atom stereocenters. The molecule has 0 saturated heterocycles. The lowest BCUT2D eigenvalue weighted by atomic mass is 10.1. The lowest BCUT2D eigenvalue weighted by Crippen LogP contribution is -2.18. The Balaban J connectivity index is 2.31. The van der Waals surface area contributed by atoms with Crippen molar-refractivity contribution >= 4 is 0 Å². The number of benzene rings is 1. The van der Waals surface area contributed by atoms with Crippen LogP contribution in [0.25, 0.3) is 0 Å². The van der Waals surface area contributed by atoms with Crippen LogP contribution in [0.2, 0.25) is 0 Å². The van der Waals surface area contributed by atoms with Gasteiger partial charge in [0.2, 0.25) is 0 Å². The summed E-state index contributed by atoms with van der Waals surface area (Å²) in [5.74, 6) is 0.280. The van der Waals surface area contributed by atoms with Crippen LogP contribution < -0.4 is 10.1 Å². The Hall–Kier alpha value is -1.17. The summed E-state index contributed by atoms with van der Waals surface area (Å²) in [6.07, 6.45) is 0.863. The number of methoxy groups -OCH3 is 1. The van der Waals surface area contributed by atoms with Gasteiger partial charge in [0, 0.05) is 38.0 Å². The lowest BCUT2D eigenvalue weighted by molar-refractivity contribution is 0.0805. The normalized spacial score (nSPS) is 12.4. The highest BCUT2D eigenvalue weighted by molar-refractivity contribution is 5.30. The van der Waals surface area contributed by atoms with Crippen molar-refractivity contribution in [2.45, 2.75) is 26.3 Å². The minimum atomic E-state index is -0.248. The first-order valence-electron chi connectivity index (χ1n) is 7.41. The van der Waals surface area contributed by atoms with Gasteiger partial charge in [-0.15, -0.1) is 0 Å². The van der Waals surface area contributed by atoms with E-state index in [1.54, 1.807) is 19.2 Å². The van der Waals surface area contributed by atoms with E-state index in [0.29, 0.717) is 37.7 Å². The topological polar surface area (TPSA) is 39.7 Å². The molecule has 21 heavy (non-hydrogen) atoms. The summed E-state index contributed by atoms with van der Waals surface area (Å²) in [6, 6.07) is 4.97. The third-order valence-electron chi connectivity index (χ3n) is 3.08. The molecule has 0 aromatic heterocycles. The predicted molar refractivity (Wildman–Crippen MR) is 81.3 cm³/mol. The van der Waals surface area contributed by atoms with Gasteiger partial charge in [-0.25, -0.2) is 4.39 Å². The first-order valence-corrected chi connectivity index (χ1v) is 7.41. The SMILES string of the molecule is CCNC(C)c1ccc(OCCOCCCOC)cc1F. The van der Waals surface area contributed by atoms with Crippen molar-refractivity contribution in [3.05, 3.63) is 29.6 Å². The molecule has 0 amide bonds. The van der Waals surface area contributed by atoms with Crippen LogP contribution in [0.5, 0.6) is 5.75 Å². The Labute approximate surface area is 126 Å². The first-order chi connectivity index (χ1) is 10.2. The molecule has 0 heterocycles. The van der Waals surface area contributed by atoms with Crippen LogP contribution in [0.3, 0.4) is 0 Å². The van der Waals surface area contributed by atoms with E-state index in [0.717, 1.165) is 13.0 Å². The summed E-state index contributed by atoms with van der Waals surface area (Å²) in [5, 5.41) is 3.19. The molecule has 1 aromatic carbocycles. The Morgan fingerprint density at radius 1 is 1.19 bits per heavy atom. The van der Waals surface area contributed by atoms with Crippen LogP contribution in [-0.2, 0) is 9.47 Å². The van der Waals surface area contributed by atoms with Crippen molar-refractivity contribution in [2.24, 2.45) is 0 Å².